The predicted molar refractivity (Wildman–Crippen MR) is 93.4 cm³/mol. The van der Waals surface area contributed by atoms with Crippen LogP contribution in [0.4, 0.5) is 0 Å². The number of aromatic nitrogens is 2. The molecule has 7 heteroatoms. The van der Waals surface area contributed by atoms with E-state index in [0.717, 1.165) is 11.3 Å². The molecule has 0 aliphatic rings. The molecule has 124 valence electrons. The first-order chi connectivity index (χ1) is 11.6. The normalized spacial score (nSPS) is 10.8. The number of likely N-dealkylation sites (N-methyl/N-ethyl adjacent to an activating group) is 1. The Labute approximate surface area is 142 Å². The minimum atomic E-state index is -0.168. The SMILES string of the molecule is COc1cccc(CC(=O)N(C)Cc2nc3ccsc3c(=O)[nH]2)c1. The summed E-state index contributed by atoms with van der Waals surface area (Å²) in [7, 11) is 3.29. The molecule has 0 fully saturated rings. The first-order valence-corrected chi connectivity index (χ1v) is 8.28. The average molecular weight is 343 g/mol. The molecule has 2 heterocycles. The van der Waals surface area contributed by atoms with E-state index in [-0.39, 0.29) is 24.4 Å². The van der Waals surface area contributed by atoms with Gasteiger partial charge < -0.3 is 14.6 Å². The zero-order valence-electron chi connectivity index (χ0n) is 13.4. The van der Waals surface area contributed by atoms with E-state index < -0.39 is 0 Å². The zero-order chi connectivity index (χ0) is 17.1. The first-order valence-electron chi connectivity index (χ1n) is 7.40. The molecule has 3 rings (SSSR count). The van der Waals surface area contributed by atoms with Crippen LogP contribution in [0.3, 0.4) is 0 Å². The summed E-state index contributed by atoms with van der Waals surface area (Å²) >= 11 is 1.35. The maximum Gasteiger partial charge on any atom is 0.268 e. The molecule has 24 heavy (non-hydrogen) atoms. The molecule has 0 radical (unpaired) electrons. The van der Waals surface area contributed by atoms with E-state index in [0.29, 0.717) is 16.0 Å². The van der Waals surface area contributed by atoms with Crippen molar-refractivity contribution >= 4 is 27.5 Å². The Morgan fingerprint density at radius 3 is 3.00 bits per heavy atom. The van der Waals surface area contributed by atoms with Crippen LogP contribution < -0.4 is 10.3 Å². The van der Waals surface area contributed by atoms with Crippen molar-refractivity contribution in [2.75, 3.05) is 14.2 Å². The summed E-state index contributed by atoms with van der Waals surface area (Å²) in [4.78, 5) is 33.0. The first kappa shape index (κ1) is 16.2. The van der Waals surface area contributed by atoms with Gasteiger partial charge >= 0.3 is 0 Å². The summed E-state index contributed by atoms with van der Waals surface area (Å²) in [6, 6.07) is 9.21. The Kier molecular flexibility index (Phi) is 4.61. The number of hydrogen-bond acceptors (Lipinski definition) is 5. The number of amides is 1. The van der Waals surface area contributed by atoms with Gasteiger partial charge in [-0.3, -0.25) is 9.59 Å². The van der Waals surface area contributed by atoms with E-state index in [4.69, 9.17) is 4.74 Å². The van der Waals surface area contributed by atoms with Gasteiger partial charge in [0.25, 0.3) is 5.56 Å². The molecule has 1 N–H and O–H groups in total. The van der Waals surface area contributed by atoms with Gasteiger partial charge in [0.15, 0.2) is 0 Å². The monoisotopic (exact) mass is 343 g/mol. The number of thiophene rings is 1. The van der Waals surface area contributed by atoms with E-state index in [2.05, 4.69) is 9.97 Å². The zero-order valence-corrected chi connectivity index (χ0v) is 14.2. The maximum absolute atomic E-state index is 12.4. The summed E-state index contributed by atoms with van der Waals surface area (Å²) in [5.74, 6) is 1.14. The Balaban J connectivity index is 1.71. The highest BCUT2D eigenvalue weighted by molar-refractivity contribution is 7.17. The fourth-order valence-corrected chi connectivity index (χ4v) is 3.13. The van der Waals surface area contributed by atoms with Crippen LogP contribution in [0.25, 0.3) is 10.2 Å². The highest BCUT2D eigenvalue weighted by Crippen LogP contribution is 2.15. The minimum Gasteiger partial charge on any atom is -0.497 e. The number of nitrogens with one attached hydrogen (secondary N) is 1. The van der Waals surface area contributed by atoms with Gasteiger partial charge in [-0.2, -0.15) is 0 Å². The third-order valence-corrected chi connectivity index (χ3v) is 4.57. The van der Waals surface area contributed by atoms with E-state index >= 15 is 0 Å². The van der Waals surface area contributed by atoms with Crippen molar-refractivity contribution in [3.8, 4) is 5.75 Å². The third-order valence-electron chi connectivity index (χ3n) is 3.67. The summed E-state index contributed by atoms with van der Waals surface area (Å²) in [6.07, 6.45) is 0.263. The Bertz CT molecular complexity index is 932. The van der Waals surface area contributed by atoms with Crippen molar-refractivity contribution in [3.63, 3.8) is 0 Å². The van der Waals surface area contributed by atoms with E-state index in [1.807, 2.05) is 29.6 Å². The number of nitrogens with zero attached hydrogens (tertiary/aromatic N) is 2. The van der Waals surface area contributed by atoms with Crippen molar-refractivity contribution in [2.45, 2.75) is 13.0 Å². The summed E-state index contributed by atoms with van der Waals surface area (Å²) in [6.45, 7) is 0.254. The van der Waals surface area contributed by atoms with Gasteiger partial charge in [0, 0.05) is 7.05 Å². The molecule has 6 nitrogen and oxygen atoms in total. The molecule has 1 amide bonds. The topological polar surface area (TPSA) is 75.3 Å². The van der Waals surface area contributed by atoms with E-state index in [1.165, 1.54) is 11.3 Å². The molecule has 0 saturated carbocycles. The molecule has 0 bridgehead atoms. The lowest BCUT2D eigenvalue weighted by Gasteiger charge is -2.16. The number of ether oxygens (including phenoxy) is 1. The quantitative estimate of drug-likeness (QED) is 0.770. The molecule has 0 atom stereocenters. The summed E-state index contributed by atoms with van der Waals surface area (Å²) < 4.78 is 5.77. The predicted octanol–water partition coefficient (Wildman–Crippen LogP) is 2.19. The third kappa shape index (κ3) is 3.46. The molecule has 0 aliphatic heterocycles. The highest BCUT2D eigenvalue weighted by Gasteiger charge is 2.13. The van der Waals surface area contributed by atoms with Crippen LogP contribution in [-0.2, 0) is 17.8 Å². The molecule has 0 aliphatic carbocycles. The largest absolute Gasteiger partial charge is 0.497 e. The molecular formula is C17H17N3O3S. The lowest BCUT2D eigenvalue weighted by Crippen LogP contribution is -2.29. The van der Waals surface area contributed by atoms with Crippen LogP contribution in [0.5, 0.6) is 5.75 Å². The number of methoxy groups -OCH3 is 1. The molecule has 1 aromatic carbocycles. The van der Waals surface area contributed by atoms with Crippen LogP contribution in [0, 0.1) is 0 Å². The molecule has 3 aromatic rings. The second-order valence-corrected chi connectivity index (χ2v) is 6.34. The fraction of sp³-hybridized carbons (Fsp3) is 0.235. The van der Waals surface area contributed by atoms with Crippen molar-refractivity contribution in [1.82, 2.24) is 14.9 Å². The van der Waals surface area contributed by atoms with E-state index in [9.17, 15) is 9.59 Å². The van der Waals surface area contributed by atoms with Gasteiger partial charge in [0.05, 0.1) is 25.6 Å². The van der Waals surface area contributed by atoms with Gasteiger partial charge in [0.2, 0.25) is 5.91 Å². The van der Waals surface area contributed by atoms with Gasteiger partial charge in [-0.1, -0.05) is 12.1 Å². The molecule has 2 aromatic heterocycles. The van der Waals surface area contributed by atoms with Crippen molar-refractivity contribution in [2.24, 2.45) is 0 Å². The van der Waals surface area contributed by atoms with Gasteiger partial charge in [0.1, 0.15) is 16.3 Å². The van der Waals surface area contributed by atoms with Crippen LogP contribution in [0.1, 0.15) is 11.4 Å². The lowest BCUT2D eigenvalue weighted by molar-refractivity contribution is -0.129. The second kappa shape index (κ2) is 6.84. The van der Waals surface area contributed by atoms with Crippen LogP contribution in [-0.4, -0.2) is 34.9 Å². The number of H-pyrrole nitrogens is 1. The second-order valence-electron chi connectivity index (χ2n) is 5.43. The van der Waals surface area contributed by atoms with E-state index in [1.54, 1.807) is 25.1 Å². The number of carbonyl (C=O) groups is 1. The molecule has 0 spiro atoms. The lowest BCUT2D eigenvalue weighted by atomic mass is 10.1. The summed E-state index contributed by atoms with van der Waals surface area (Å²) in [5.41, 5.74) is 1.37. The van der Waals surface area contributed by atoms with Crippen LogP contribution >= 0.6 is 11.3 Å². The number of benzene rings is 1. The van der Waals surface area contributed by atoms with Gasteiger partial charge in [-0.25, -0.2) is 4.98 Å². The number of rotatable bonds is 5. The minimum absolute atomic E-state index is 0.0590. The molecule has 0 saturated heterocycles. The Hall–Kier alpha value is -2.67. The Morgan fingerprint density at radius 2 is 2.21 bits per heavy atom. The average Bonchev–Trinajstić information content (AvgIpc) is 3.04. The molecular weight excluding hydrogens is 326 g/mol. The summed E-state index contributed by atoms with van der Waals surface area (Å²) in [5, 5.41) is 1.83. The van der Waals surface area contributed by atoms with Crippen molar-refractivity contribution in [1.29, 1.82) is 0 Å². The number of fused-ring (bicyclic) bond motifs is 1. The smallest absolute Gasteiger partial charge is 0.268 e. The maximum atomic E-state index is 12.4. The van der Waals surface area contributed by atoms with Gasteiger partial charge in [-0.05, 0) is 29.1 Å². The van der Waals surface area contributed by atoms with Crippen molar-refractivity contribution < 1.29 is 9.53 Å². The number of hydrogen-bond donors (Lipinski definition) is 1. The van der Waals surface area contributed by atoms with Crippen LogP contribution in [0.2, 0.25) is 0 Å². The Morgan fingerprint density at radius 1 is 1.38 bits per heavy atom. The highest BCUT2D eigenvalue weighted by atomic mass is 32.1. The van der Waals surface area contributed by atoms with Crippen molar-refractivity contribution in [3.05, 3.63) is 57.5 Å². The molecule has 0 unspecified atom stereocenters. The number of carbonyl (C=O) groups excluding carboxylic acids is 1. The number of aromatic amines is 1. The van der Waals surface area contributed by atoms with Crippen LogP contribution in [0.15, 0.2) is 40.5 Å². The standard InChI is InChI=1S/C17H17N3O3S/c1-20(15(21)9-11-4-3-5-12(8-11)23-2)10-14-18-13-6-7-24-16(13)17(22)19-14/h3-8H,9-10H2,1-2H3,(H,18,19,22). The fourth-order valence-electron chi connectivity index (χ4n) is 2.40. The van der Waals surface area contributed by atoms with Gasteiger partial charge in [-0.15, -0.1) is 11.3 Å².